The third-order valence-corrected chi connectivity index (χ3v) is 6.22. The van der Waals surface area contributed by atoms with Crippen LogP contribution >= 0.6 is 0 Å². The second-order valence-corrected chi connectivity index (χ2v) is 7.61. The molecule has 0 aliphatic carbocycles. The number of carboxylic acid groups (broad SMARTS) is 1. The minimum Gasteiger partial charge on any atom is -0.481 e. The fraction of sp³-hybridized carbons (Fsp3) is 0.667. The lowest BCUT2D eigenvalue weighted by molar-refractivity contribution is -0.142. The summed E-state index contributed by atoms with van der Waals surface area (Å²) in [6.45, 7) is 0.393. The number of hydrogen-bond acceptors (Lipinski definition) is 4. The van der Waals surface area contributed by atoms with Gasteiger partial charge in [0, 0.05) is 19.2 Å². The number of carbonyl (C=O) groups is 1. The van der Waals surface area contributed by atoms with Crippen LogP contribution in [0.5, 0.6) is 0 Å². The molecular weight excluding hydrogens is 268 g/mol. The molecule has 1 N–H and O–H groups in total. The molecule has 0 aromatic carbocycles. The topological polar surface area (TPSA) is 89.3 Å². The van der Waals surface area contributed by atoms with Crippen LogP contribution in [0.1, 0.15) is 36.0 Å². The van der Waals surface area contributed by atoms with E-state index < -0.39 is 27.0 Å². The van der Waals surface area contributed by atoms with Crippen molar-refractivity contribution >= 4 is 15.8 Å². The van der Waals surface area contributed by atoms with Gasteiger partial charge in [-0.25, -0.2) is 13.4 Å². The van der Waals surface area contributed by atoms with Crippen molar-refractivity contribution in [1.29, 1.82) is 0 Å². The predicted octanol–water partition coefficient (Wildman–Crippen LogP) is 0.780. The summed E-state index contributed by atoms with van der Waals surface area (Å²) in [5.41, 5.74) is 0.596. The van der Waals surface area contributed by atoms with Crippen LogP contribution in [0, 0.1) is 5.92 Å². The van der Waals surface area contributed by atoms with E-state index in [0.29, 0.717) is 37.9 Å². The minimum absolute atomic E-state index is 0.234. The van der Waals surface area contributed by atoms with Gasteiger partial charge >= 0.3 is 5.97 Å². The molecule has 19 heavy (non-hydrogen) atoms. The molecule has 0 bridgehead atoms. The summed E-state index contributed by atoms with van der Waals surface area (Å²) in [6.07, 6.45) is 4.22. The number of nitrogens with zero attached hydrogens (tertiary/aromatic N) is 2. The Hall–Kier alpha value is -1.37. The van der Waals surface area contributed by atoms with Crippen LogP contribution in [0.4, 0.5) is 0 Å². The maximum atomic E-state index is 11.9. The summed E-state index contributed by atoms with van der Waals surface area (Å²) in [5, 5.41) is 8.54. The lowest BCUT2D eigenvalue weighted by Crippen LogP contribution is -2.26. The summed E-state index contributed by atoms with van der Waals surface area (Å²) in [4.78, 5) is 15.4. The molecule has 7 heteroatoms. The third kappa shape index (κ3) is 2.16. The van der Waals surface area contributed by atoms with E-state index in [0.717, 1.165) is 5.82 Å². The first-order valence-electron chi connectivity index (χ1n) is 6.48. The lowest BCUT2D eigenvalue weighted by Gasteiger charge is -2.19. The smallest absolute Gasteiger partial charge is 0.308 e. The summed E-state index contributed by atoms with van der Waals surface area (Å²) < 4.78 is 25.6. The van der Waals surface area contributed by atoms with Crippen LogP contribution in [-0.4, -0.2) is 34.8 Å². The van der Waals surface area contributed by atoms with Gasteiger partial charge < -0.3 is 9.67 Å². The van der Waals surface area contributed by atoms with Gasteiger partial charge in [-0.1, -0.05) is 0 Å². The van der Waals surface area contributed by atoms with Crippen LogP contribution in [0.2, 0.25) is 0 Å². The number of imidazole rings is 1. The zero-order valence-electron chi connectivity index (χ0n) is 10.4. The quantitative estimate of drug-likeness (QED) is 0.867. The Kier molecular flexibility index (Phi) is 2.88. The molecule has 0 spiro atoms. The first-order chi connectivity index (χ1) is 8.97. The SMILES string of the molecule is O=C(O)C1CCc2nc(C3CCCS3(=O)=O)cn2C1. The highest BCUT2D eigenvalue weighted by atomic mass is 32.2. The molecule has 0 saturated carbocycles. The highest BCUT2D eigenvalue weighted by molar-refractivity contribution is 7.91. The number of aromatic nitrogens is 2. The lowest BCUT2D eigenvalue weighted by atomic mass is 10.00. The van der Waals surface area contributed by atoms with Gasteiger partial charge in [0.15, 0.2) is 9.84 Å². The molecule has 2 aliphatic heterocycles. The Bertz CT molecular complexity index is 620. The van der Waals surface area contributed by atoms with Crippen LogP contribution < -0.4 is 0 Å². The fourth-order valence-corrected chi connectivity index (χ4v) is 4.81. The number of carboxylic acids is 1. The zero-order valence-corrected chi connectivity index (χ0v) is 11.3. The summed E-state index contributed by atoms with van der Waals surface area (Å²) in [6, 6.07) is 0. The standard InChI is InChI=1S/C12H16N2O4S/c15-12(16)8-3-4-11-13-9(7-14(11)6-8)10-2-1-5-19(10,17)18/h7-8,10H,1-6H2,(H,15,16). The molecular formula is C12H16N2O4S. The van der Waals surface area contributed by atoms with Gasteiger partial charge in [0.1, 0.15) is 11.1 Å². The van der Waals surface area contributed by atoms with E-state index in [9.17, 15) is 13.2 Å². The van der Waals surface area contributed by atoms with E-state index in [-0.39, 0.29) is 5.75 Å². The third-order valence-electron chi connectivity index (χ3n) is 4.02. The highest BCUT2D eigenvalue weighted by Gasteiger charge is 2.36. The first-order valence-corrected chi connectivity index (χ1v) is 8.19. The Labute approximate surface area is 111 Å². The minimum atomic E-state index is -3.06. The van der Waals surface area contributed by atoms with Crippen molar-refractivity contribution in [2.24, 2.45) is 5.92 Å². The fourth-order valence-electron chi connectivity index (χ4n) is 2.95. The Morgan fingerprint density at radius 2 is 2.21 bits per heavy atom. The van der Waals surface area contributed by atoms with Gasteiger partial charge in [-0.15, -0.1) is 0 Å². The monoisotopic (exact) mass is 284 g/mol. The molecule has 1 saturated heterocycles. The second kappa shape index (κ2) is 4.33. The number of hydrogen-bond donors (Lipinski definition) is 1. The Balaban J connectivity index is 1.90. The largest absolute Gasteiger partial charge is 0.481 e. The van der Waals surface area contributed by atoms with Crippen molar-refractivity contribution in [2.45, 2.75) is 37.5 Å². The molecule has 3 rings (SSSR count). The maximum Gasteiger partial charge on any atom is 0.308 e. The second-order valence-electron chi connectivity index (χ2n) is 5.31. The molecule has 1 aromatic rings. The van der Waals surface area contributed by atoms with Crippen molar-refractivity contribution in [1.82, 2.24) is 9.55 Å². The molecule has 0 radical (unpaired) electrons. The van der Waals surface area contributed by atoms with Crippen LogP contribution in [0.15, 0.2) is 6.20 Å². The van der Waals surface area contributed by atoms with Crippen molar-refractivity contribution < 1.29 is 18.3 Å². The summed E-state index contributed by atoms with van der Waals surface area (Å²) in [7, 11) is -3.06. The van der Waals surface area contributed by atoms with E-state index in [4.69, 9.17) is 5.11 Å². The van der Waals surface area contributed by atoms with Gasteiger partial charge in [-0.05, 0) is 19.3 Å². The van der Waals surface area contributed by atoms with Crippen molar-refractivity contribution in [3.05, 3.63) is 17.7 Å². The van der Waals surface area contributed by atoms with Gasteiger partial charge in [-0.3, -0.25) is 4.79 Å². The average molecular weight is 284 g/mol. The van der Waals surface area contributed by atoms with Crippen LogP contribution in [0.3, 0.4) is 0 Å². The van der Waals surface area contributed by atoms with Crippen LogP contribution in [0.25, 0.3) is 0 Å². The van der Waals surface area contributed by atoms with Gasteiger partial charge in [-0.2, -0.15) is 0 Å². The van der Waals surface area contributed by atoms with Crippen LogP contribution in [-0.2, 0) is 27.6 Å². The summed E-state index contributed by atoms with van der Waals surface area (Å²) >= 11 is 0. The summed E-state index contributed by atoms with van der Waals surface area (Å²) in [5.74, 6) is -0.142. The van der Waals surface area contributed by atoms with Gasteiger partial charge in [0.05, 0.1) is 17.4 Å². The number of aryl methyl sites for hydroxylation is 1. The Morgan fingerprint density at radius 1 is 1.42 bits per heavy atom. The Morgan fingerprint density at radius 3 is 2.84 bits per heavy atom. The maximum absolute atomic E-state index is 11.9. The van der Waals surface area contributed by atoms with Gasteiger partial charge in [0.2, 0.25) is 0 Å². The number of sulfone groups is 1. The van der Waals surface area contributed by atoms with Gasteiger partial charge in [0.25, 0.3) is 0 Å². The molecule has 1 aromatic heterocycles. The molecule has 0 amide bonds. The number of fused-ring (bicyclic) bond motifs is 1. The molecule has 3 heterocycles. The van der Waals surface area contributed by atoms with Crippen molar-refractivity contribution in [2.75, 3.05) is 5.75 Å². The zero-order chi connectivity index (χ0) is 13.6. The number of aliphatic carboxylic acids is 1. The van der Waals surface area contributed by atoms with E-state index in [1.807, 2.05) is 4.57 Å². The van der Waals surface area contributed by atoms with E-state index in [2.05, 4.69) is 4.98 Å². The average Bonchev–Trinajstić information content (AvgIpc) is 2.89. The molecule has 2 atom stereocenters. The van der Waals surface area contributed by atoms with E-state index in [1.165, 1.54) is 0 Å². The van der Waals surface area contributed by atoms with Crippen molar-refractivity contribution in [3.8, 4) is 0 Å². The van der Waals surface area contributed by atoms with Crippen molar-refractivity contribution in [3.63, 3.8) is 0 Å². The van der Waals surface area contributed by atoms with E-state index >= 15 is 0 Å². The number of rotatable bonds is 2. The normalized spacial score (nSPS) is 29.1. The molecule has 2 aliphatic rings. The first kappa shape index (κ1) is 12.7. The molecule has 1 fully saturated rings. The highest BCUT2D eigenvalue weighted by Crippen LogP contribution is 2.35. The van der Waals surface area contributed by atoms with E-state index in [1.54, 1.807) is 6.20 Å². The predicted molar refractivity (Wildman–Crippen MR) is 67.4 cm³/mol. The molecule has 6 nitrogen and oxygen atoms in total. The molecule has 104 valence electrons. The molecule has 2 unspecified atom stereocenters.